The van der Waals surface area contributed by atoms with Crippen LogP contribution in [0.25, 0.3) is 0 Å². The van der Waals surface area contributed by atoms with E-state index in [0.717, 1.165) is 12.5 Å². The third-order valence-electron chi connectivity index (χ3n) is 4.56. The molecule has 1 heterocycles. The van der Waals surface area contributed by atoms with Gasteiger partial charge in [-0.05, 0) is 44.6 Å². The zero-order chi connectivity index (χ0) is 12.1. The second kappa shape index (κ2) is 6.72. The lowest BCUT2D eigenvalue weighted by Crippen LogP contribution is -2.48. The highest BCUT2D eigenvalue weighted by Gasteiger charge is 2.28. The molecule has 17 heavy (non-hydrogen) atoms. The predicted molar refractivity (Wildman–Crippen MR) is 71.2 cm³/mol. The second-order valence-corrected chi connectivity index (χ2v) is 5.67. The van der Waals surface area contributed by atoms with Crippen molar-refractivity contribution in [3.8, 4) is 0 Å². The van der Waals surface area contributed by atoms with Gasteiger partial charge in [0.15, 0.2) is 0 Å². The van der Waals surface area contributed by atoms with Crippen LogP contribution in [0.5, 0.6) is 0 Å². The molecule has 2 N–H and O–H groups in total. The van der Waals surface area contributed by atoms with Gasteiger partial charge < -0.3 is 15.4 Å². The monoisotopic (exact) mass is 240 g/mol. The van der Waals surface area contributed by atoms with Gasteiger partial charge in [-0.3, -0.25) is 0 Å². The Morgan fingerprint density at radius 1 is 1.29 bits per heavy atom. The van der Waals surface area contributed by atoms with Gasteiger partial charge in [-0.2, -0.15) is 0 Å². The molecule has 2 fully saturated rings. The first kappa shape index (κ1) is 13.3. The topological polar surface area (TPSA) is 33.3 Å². The Morgan fingerprint density at radius 2 is 2.18 bits per heavy atom. The van der Waals surface area contributed by atoms with Crippen LogP contribution in [0.1, 0.15) is 45.4 Å². The predicted octanol–water partition coefficient (Wildman–Crippen LogP) is 1.92. The molecule has 3 heteroatoms. The van der Waals surface area contributed by atoms with Crippen LogP contribution in [-0.2, 0) is 4.74 Å². The molecule has 1 saturated carbocycles. The maximum absolute atomic E-state index is 5.52. The molecule has 0 bridgehead atoms. The molecule has 0 amide bonds. The zero-order valence-corrected chi connectivity index (χ0v) is 11.4. The molecule has 2 aliphatic rings. The first-order valence-electron chi connectivity index (χ1n) is 7.33. The van der Waals surface area contributed by atoms with E-state index in [0.29, 0.717) is 18.2 Å². The van der Waals surface area contributed by atoms with E-state index in [-0.39, 0.29) is 0 Å². The molecule has 0 aromatic carbocycles. The molecular weight excluding hydrogens is 212 g/mol. The third-order valence-corrected chi connectivity index (χ3v) is 4.56. The zero-order valence-electron chi connectivity index (χ0n) is 11.4. The van der Waals surface area contributed by atoms with Crippen molar-refractivity contribution >= 4 is 0 Å². The fourth-order valence-electron chi connectivity index (χ4n) is 3.36. The average molecular weight is 240 g/mol. The minimum atomic E-state index is 0.445. The summed E-state index contributed by atoms with van der Waals surface area (Å²) < 4.78 is 5.52. The van der Waals surface area contributed by atoms with Crippen LogP contribution in [0.4, 0.5) is 0 Å². The highest BCUT2D eigenvalue weighted by atomic mass is 16.5. The van der Waals surface area contributed by atoms with Crippen LogP contribution in [0.3, 0.4) is 0 Å². The van der Waals surface area contributed by atoms with Crippen molar-refractivity contribution in [3.63, 3.8) is 0 Å². The highest BCUT2D eigenvalue weighted by molar-refractivity contribution is 4.87. The minimum absolute atomic E-state index is 0.445. The summed E-state index contributed by atoms with van der Waals surface area (Å²) in [6.07, 6.45) is 8.30. The van der Waals surface area contributed by atoms with E-state index in [9.17, 15) is 0 Å². The van der Waals surface area contributed by atoms with Crippen molar-refractivity contribution in [2.24, 2.45) is 5.92 Å². The fraction of sp³-hybridized carbons (Fsp3) is 1.00. The smallest absolute Gasteiger partial charge is 0.0724 e. The van der Waals surface area contributed by atoms with Gasteiger partial charge >= 0.3 is 0 Å². The van der Waals surface area contributed by atoms with E-state index >= 15 is 0 Å². The summed E-state index contributed by atoms with van der Waals surface area (Å²) in [5.41, 5.74) is 0. The summed E-state index contributed by atoms with van der Waals surface area (Å²) in [5.74, 6) is 0.935. The van der Waals surface area contributed by atoms with Gasteiger partial charge in [0.25, 0.3) is 0 Å². The SMILES string of the molecule is CCC1CCNC(CNC2CCCC2OC)C1. The number of nitrogens with one attached hydrogen (secondary N) is 2. The number of hydrogen-bond acceptors (Lipinski definition) is 3. The van der Waals surface area contributed by atoms with Crippen LogP contribution < -0.4 is 10.6 Å². The maximum atomic E-state index is 5.52. The highest BCUT2D eigenvalue weighted by Crippen LogP contribution is 2.22. The largest absolute Gasteiger partial charge is 0.380 e. The van der Waals surface area contributed by atoms with E-state index in [1.165, 1.54) is 45.1 Å². The maximum Gasteiger partial charge on any atom is 0.0724 e. The Balaban J connectivity index is 1.70. The molecule has 0 radical (unpaired) electrons. The number of hydrogen-bond donors (Lipinski definition) is 2. The summed E-state index contributed by atoms with van der Waals surface area (Å²) in [4.78, 5) is 0. The normalized spacial score (nSPS) is 38.5. The van der Waals surface area contributed by atoms with Gasteiger partial charge in [0.1, 0.15) is 0 Å². The van der Waals surface area contributed by atoms with Crippen molar-refractivity contribution in [2.75, 3.05) is 20.2 Å². The van der Waals surface area contributed by atoms with Gasteiger partial charge in [-0.15, -0.1) is 0 Å². The number of ether oxygens (including phenoxy) is 1. The second-order valence-electron chi connectivity index (χ2n) is 5.67. The van der Waals surface area contributed by atoms with Gasteiger partial charge in [0.2, 0.25) is 0 Å². The molecule has 4 unspecified atom stereocenters. The quantitative estimate of drug-likeness (QED) is 0.770. The van der Waals surface area contributed by atoms with Gasteiger partial charge in [-0.1, -0.05) is 13.3 Å². The average Bonchev–Trinajstić information content (AvgIpc) is 2.84. The number of piperidine rings is 1. The third kappa shape index (κ3) is 3.67. The Hall–Kier alpha value is -0.120. The van der Waals surface area contributed by atoms with Crippen LogP contribution >= 0.6 is 0 Å². The molecule has 0 aromatic rings. The molecule has 4 atom stereocenters. The Bertz CT molecular complexity index is 222. The van der Waals surface area contributed by atoms with Crippen LogP contribution in [0.2, 0.25) is 0 Å². The molecule has 0 aromatic heterocycles. The first-order valence-corrected chi connectivity index (χ1v) is 7.33. The summed E-state index contributed by atoms with van der Waals surface area (Å²) in [6.45, 7) is 4.63. The van der Waals surface area contributed by atoms with Crippen molar-refractivity contribution in [1.82, 2.24) is 10.6 Å². The summed E-state index contributed by atoms with van der Waals surface area (Å²) in [6, 6.07) is 1.26. The Kier molecular flexibility index (Phi) is 5.26. The summed E-state index contributed by atoms with van der Waals surface area (Å²) in [7, 11) is 1.84. The number of rotatable bonds is 5. The van der Waals surface area contributed by atoms with E-state index in [4.69, 9.17) is 4.74 Å². The summed E-state index contributed by atoms with van der Waals surface area (Å²) in [5, 5.41) is 7.35. The van der Waals surface area contributed by atoms with E-state index in [2.05, 4.69) is 17.6 Å². The Labute approximate surface area is 106 Å². The van der Waals surface area contributed by atoms with Gasteiger partial charge in [0, 0.05) is 25.7 Å². The molecule has 0 spiro atoms. The lowest BCUT2D eigenvalue weighted by atomic mass is 9.90. The van der Waals surface area contributed by atoms with Crippen LogP contribution in [0.15, 0.2) is 0 Å². The van der Waals surface area contributed by atoms with Crippen molar-refractivity contribution in [1.29, 1.82) is 0 Å². The van der Waals surface area contributed by atoms with Gasteiger partial charge in [-0.25, -0.2) is 0 Å². The minimum Gasteiger partial charge on any atom is -0.380 e. The van der Waals surface area contributed by atoms with Gasteiger partial charge in [0.05, 0.1) is 6.10 Å². The first-order chi connectivity index (χ1) is 8.33. The molecule has 1 saturated heterocycles. The molecule has 1 aliphatic heterocycles. The van der Waals surface area contributed by atoms with E-state index in [1.807, 2.05) is 7.11 Å². The lowest BCUT2D eigenvalue weighted by molar-refractivity contribution is 0.0836. The fourth-order valence-corrected chi connectivity index (χ4v) is 3.36. The van der Waals surface area contributed by atoms with E-state index in [1.54, 1.807) is 0 Å². The summed E-state index contributed by atoms with van der Waals surface area (Å²) >= 11 is 0. The standard InChI is InChI=1S/C14H28N2O/c1-3-11-7-8-15-12(9-11)10-16-13-5-4-6-14(13)17-2/h11-16H,3-10H2,1-2H3. The molecular formula is C14H28N2O. The lowest BCUT2D eigenvalue weighted by Gasteiger charge is -2.31. The molecule has 2 rings (SSSR count). The van der Waals surface area contributed by atoms with Crippen molar-refractivity contribution in [2.45, 2.75) is 63.6 Å². The molecule has 1 aliphatic carbocycles. The Morgan fingerprint density at radius 3 is 2.94 bits per heavy atom. The molecule has 100 valence electrons. The van der Waals surface area contributed by atoms with Crippen LogP contribution in [0, 0.1) is 5.92 Å². The molecule has 3 nitrogen and oxygen atoms in total. The van der Waals surface area contributed by atoms with Crippen LogP contribution in [-0.4, -0.2) is 38.4 Å². The number of methoxy groups -OCH3 is 1. The van der Waals surface area contributed by atoms with E-state index < -0.39 is 0 Å². The van der Waals surface area contributed by atoms with Crippen molar-refractivity contribution < 1.29 is 4.74 Å². The van der Waals surface area contributed by atoms with Crippen molar-refractivity contribution in [3.05, 3.63) is 0 Å².